The fraction of sp³-hybridized carbons (Fsp3) is 0.696. The highest BCUT2D eigenvalue weighted by molar-refractivity contribution is 5.79. The van der Waals surface area contributed by atoms with Gasteiger partial charge in [0.1, 0.15) is 0 Å². The highest BCUT2D eigenvalue weighted by Crippen LogP contribution is 2.22. The molecule has 1 aliphatic heterocycles. The molecule has 1 saturated heterocycles. The Balaban J connectivity index is 2.06. The van der Waals surface area contributed by atoms with E-state index >= 15 is 0 Å². The molecule has 0 amide bonds. The van der Waals surface area contributed by atoms with Gasteiger partial charge in [-0.15, -0.1) is 0 Å². The van der Waals surface area contributed by atoms with Gasteiger partial charge in [0.05, 0.1) is 19.3 Å². The predicted molar refractivity (Wildman–Crippen MR) is 120 cm³/mol. The Hall–Kier alpha value is -1.63. The van der Waals surface area contributed by atoms with Crippen LogP contribution in [-0.4, -0.2) is 68.5 Å². The second kappa shape index (κ2) is 13.6. The number of aryl methyl sites for hydroxylation is 1. The number of guanidine groups is 1. The fourth-order valence-corrected chi connectivity index (χ4v) is 3.81. The van der Waals surface area contributed by atoms with Crippen LogP contribution in [-0.2, 0) is 4.74 Å². The van der Waals surface area contributed by atoms with Gasteiger partial charge in [0.2, 0.25) is 0 Å². The minimum absolute atomic E-state index is 0.233. The van der Waals surface area contributed by atoms with Gasteiger partial charge in [0.15, 0.2) is 5.96 Å². The molecular formula is C23H40N4O2. The van der Waals surface area contributed by atoms with Crippen molar-refractivity contribution in [3.8, 4) is 0 Å². The van der Waals surface area contributed by atoms with Gasteiger partial charge in [-0.1, -0.05) is 43.2 Å². The molecule has 29 heavy (non-hydrogen) atoms. The van der Waals surface area contributed by atoms with E-state index in [9.17, 15) is 5.11 Å². The number of ether oxygens (including phenoxy) is 1. The summed E-state index contributed by atoms with van der Waals surface area (Å²) in [5.41, 5.74) is 2.60. The van der Waals surface area contributed by atoms with Gasteiger partial charge in [0, 0.05) is 39.3 Å². The maximum Gasteiger partial charge on any atom is 0.191 e. The Kier molecular flexibility index (Phi) is 11.1. The lowest BCUT2D eigenvalue weighted by molar-refractivity contribution is 0.0170. The second-order valence-electron chi connectivity index (χ2n) is 7.84. The molecule has 0 saturated carbocycles. The topological polar surface area (TPSA) is 69.1 Å². The van der Waals surface area contributed by atoms with Crippen LogP contribution in [0.1, 0.15) is 50.3 Å². The van der Waals surface area contributed by atoms with E-state index in [-0.39, 0.29) is 12.6 Å². The number of nitrogens with one attached hydrogen (secondary N) is 2. The van der Waals surface area contributed by atoms with Crippen LogP contribution in [0.4, 0.5) is 0 Å². The average molecular weight is 405 g/mol. The second-order valence-corrected chi connectivity index (χ2v) is 7.84. The van der Waals surface area contributed by atoms with E-state index in [1.54, 1.807) is 0 Å². The van der Waals surface area contributed by atoms with Gasteiger partial charge >= 0.3 is 0 Å². The van der Waals surface area contributed by atoms with Gasteiger partial charge < -0.3 is 20.5 Å². The van der Waals surface area contributed by atoms with E-state index in [2.05, 4.69) is 60.6 Å². The van der Waals surface area contributed by atoms with Crippen molar-refractivity contribution in [2.75, 3.05) is 52.5 Å². The standard InChI is InChI=1S/C23H40N4O2/c1-4-6-20(11-14-28)17-25-23(24-5-2)26-18-22(27-12-15-29-16-13-27)21-9-7-19(3)8-10-21/h7-10,20,22,28H,4-6,11-18H2,1-3H3,(H2,24,25,26). The zero-order valence-corrected chi connectivity index (χ0v) is 18.5. The van der Waals surface area contributed by atoms with E-state index in [4.69, 9.17) is 9.73 Å². The first kappa shape index (κ1) is 23.6. The van der Waals surface area contributed by atoms with E-state index in [0.717, 1.165) is 71.2 Å². The van der Waals surface area contributed by atoms with E-state index in [1.807, 2.05) is 0 Å². The monoisotopic (exact) mass is 404 g/mol. The van der Waals surface area contributed by atoms with E-state index in [1.165, 1.54) is 11.1 Å². The van der Waals surface area contributed by atoms with Gasteiger partial charge in [0.25, 0.3) is 0 Å². The molecule has 0 radical (unpaired) electrons. The molecule has 6 nitrogen and oxygen atoms in total. The molecule has 2 rings (SSSR count). The molecule has 2 atom stereocenters. The van der Waals surface area contributed by atoms with E-state index in [0.29, 0.717) is 5.92 Å². The normalized spacial score (nSPS) is 17.7. The SMILES string of the molecule is CCCC(CCO)CN=C(NCC)NCC(c1ccc(C)cc1)N1CCOCC1. The summed E-state index contributed by atoms with van der Waals surface area (Å²) in [7, 11) is 0. The van der Waals surface area contributed by atoms with Crippen molar-refractivity contribution in [2.24, 2.45) is 10.9 Å². The Bertz CT molecular complexity index is 579. The molecule has 164 valence electrons. The lowest BCUT2D eigenvalue weighted by atomic mass is 10.0. The third-order valence-corrected chi connectivity index (χ3v) is 5.50. The van der Waals surface area contributed by atoms with Crippen LogP contribution < -0.4 is 10.6 Å². The number of benzene rings is 1. The van der Waals surface area contributed by atoms with Crippen molar-refractivity contribution < 1.29 is 9.84 Å². The Labute approximate surface area is 176 Å². The molecule has 6 heteroatoms. The van der Waals surface area contributed by atoms with Crippen molar-refractivity contribution in [1.82, 2.24) is 15.5 Å². The number of hydrogen-bond donors (Lipinski definition) is 3. The molecule has 0 aromatic heterocycles. The first-order valence-electron chi connectivity index (χ1n) is 11.2. The molecule has 1 aliphatic rings. The van der Waals surface area contributed by atoms with Crippen molar-refractivity contribution in [1.29, 1.82) is 0 Å². The van der Waals surface area contributed by atoms with Crippen molar-refractivity contribution >= 4 is 5.96 Å². The molecule has 2 unspecified atom stereocenters. The Morgan fingerprint density at radius 1 is 1.14 bits per heavy atom. The Morgan fingerprint density at radius 2 is 1.86 bits per heavy atom. The van der Waals surface area contributed by atoms with Gasteiger partial charge in [-0.2, -0.15) is 0 Å². The fourth-order valence-electron chi connectivity index (χ4n) is 3.81. The van der Waals surface area contributed by atoms with Gasteiger partial charge in [-0.25, -0.2) is 0 Å². The molecular weight excluding hydrogens is 364 g/mol. The first-order chi connectivity index (χ1) is 14.2. The van der Waals surface area contributed by atoms with Gasteiger partial charge in [-0.3, -0.25) is 9.89 Å². The molecule has 1 aromatic carbocycles. The summed E-state index contributed by atoms with van der Waals surface area (Å²) in [6, 6.07) is 9.13. The maximum absolute atomic E-state index is 9.30. The van der Waals surface area contributed by atoms with Crippen molar-refractivity contribution in [2.45, 2.75) is 46.1 Å². The zero-order chi connectivity index (χ0) is 20.9. The highest BCUT2D eigenvalue weighted by atomic mass is 16.5. The van der Waals surface area contributed by atoms with Crippen molar-refractivity contribution in [3.63, 3.8) is 0 Å². The van der Waals surface area contributed by atoms with E-state index < -0.39 is 0 Å². The largest absolute Gasteiger partial charge is 0.396 e. The van der Waals surface area contributed by atoms with Gasteiger partial charge in [-0.05, 0) is 38.2 Å². The third kappa shape index (κ3) is 8.33. The third-order valence-electron chi connectivity index (χ3n) is 5.50. The summed E-state index contributed by atoms with van der Waals surface area (Å²) in [4.78, 5) is 7.31. The number of morpholine rings is 1. The molecule has 0 aliphatic carbocycles. The maximum atomic E-state index is 9.30. The first-order valence-corrected chi connectivity index (χ1v) is 11.2. The number of hydrogen-bond acceptors (Lipinski definition) is 4. The van der Waals surface area contributed by atoms with Crippen LogP contribution in [0.15, 0.2) is 29.3 Å². The molecule has 1 heterocycles. The number of aliphatic hydroxyl groups excluding tert-OH is 1. The Morgan fingerprint density at radius 3 is 2.48 bits per heavy atom. The highest BCUT2D eigenvalue weighted by Gasteiger charge is 2.23. The quantitative estimate of drug-likeness (QED) is 0.391. The molecule has 0 bridgehead atoms. The summed E-state index contributed by atoms with van der Waals surface area (Å²) < 4.78 is 5.56. The van der Waals surface area contributed by atoms with Crippen LogP contribution in [0, 0.1) is 12.8 Å². The predicted octanol–water partition coefficient (Wildman–Crippen LogP) is 2.72. The molecule has 0 spiro atoms. The van der Waals surface area contributed by atoms with Crippen molar-refractivity contribution in [3.05, 3.63) is 35.4 Å². The summed E-state index contributed by atoms with van der Waals surface area (Å²) in [6.45, 7) is 12.5. The van der Waals surface area contributed by atoms with Crippen LogP contribution >= 0.6 is 0 Å². The number of aliphatic imine (C=N–C) groups is 1. The summed E-state index contributed by atoms with van der Waals surface area (Å²) in [5, 5.41) is 16.2. The summed E-state index contributed by atoms with van der Waals surface area (Å²) >= 11 is 0. The van der Waals surface area contributed by atoms with Crippen LogP contribution in [0.2, 0.25) is 0 Å². The summed E-state index contributed by atoms with van der Waals surface area (Å²) in [5.74, 6) is 1.30. The minimum Gasteiger partial charge on any atom is -0.396 e. The summed E-state index contributed by atoms with van der Waals surface area (Å²) in [6.07, 6.45) is 3.04. The number of rotatable bonds is 11. The molecule has 1 aromatic rings. The zero-order valence-electron chi connectivity index (χ0n) is 18.5. The number of nitrogens with zero attached hydrogens (tertiary/aromatic N) is 2. The lowest BCUT2D eigenvalue weighted by Crippen LogP contribution is -2.46. The smallest absolute Gasteiger partial charge is 0.191 e. The minimum atomic E-state index is 0.233. The average Bonchev–Trinajstić information content (AvgIpc) is 2.74. The lowest BCUT2D eigenvalue weighted by Gasteiger charge is -2.35. The molecule has 1 fully saturated rings. The van der Waals surface area contributed by atoms with Crippen LogP contribution in [0.5, 0.6) is 0 Å². The number of aliphatic hydroxyl groups is 1. The van der Waals surface area contributed by atoms with Crippen LogP contribution in [0.3, 0.4) is 0 Å². The van der Waals surface area contributed by atoms with Crippen LogP contribution in [0.25, 0.3) is 0 Å². The molecule has 3 N–H and O–H groups in total.